The molecule has 24 heavy (non-hydrogen) atoms. The molecule has 0 aliphatic rings. The molecule has 0 radical (unpaired) electrons. The largest absolute Gasteiger partial charge is 0.367 e. The van der Waals surface area contributed by atoms with Gasteiger partial charge in [-0.1, -0.05) is 29.3 Å². The number of anilines is 1. The van der Waals surface area contributed by atoms with Crippen LogP contribution in [0, 0.1) is 5.82 Å². The van der Waals surface area contributed by atoms with E-state index in [4.69, 9.17) is 23.2 Å². The van der Waals surface area contributed by atoms with Gasteiger partial charge in [-0.05, 0) is 32.0 Å². The minimum atomic E-state index is -0.467. The fraction of sp³-hybridized carbons (Fsp3) is 0.188. The second-order valence-corrected chi connectivity index (χ2v) is 6.26. The molecule has 0 bridgehead atoms. The van der Waals surface area contributed by atoms with Crippen LogP contribution in [-0.2, 0) is 0 Å². The van der Waals surface area contributed by atoms with Crippen molar-refractivity contribution in [1.29, 1.82) is 0 Å². The monoisotopic (exact) mass is 365 g/mol. The standard InChI is InChI=1S/C16H14Cl2FN5/c1-8(2)22-16-14(13-9(17)4-3-5-11(13)19)10(18)6-12(23-16)15-20-7-21-24-15/h3-8H,1-2H3,(H,22,23)(H,20,21,24). The number of aromatic amines is 1. The van der Waals surface area contributed by atoms with Crippen molar-refractivity contribution in [1.82, 2.24) is 20.2 Å². The molecule has 3 aromatic rings. The molecule has 0 unspecified atom stereocenters. The molecule has 2 N–H and O–H groups in total. The maximum atomic E-state index is 14.4. The Kier molecular flexibility index (Phi) is 4.69. The second kappa shape index (κ2) is 6.75. The van der Waals surface area contributed by atoms with Crippen molar-refractivity contribution in [2.75, 3.05) is 5.32 Å². The number of rotatable bonds is 4. The molecule has 2 heterocycles. The summed E-state index contributed by atoms with van der Waals surface area (Å²) in [6.45, 7) is 3.90. The normalized spacial score (nSPS) is 11.1. The van der Waals surface area contributed by atoms with Gasteiger partial charge in [0.25, 0.3) is 0 Å². The number of pyridine rings is 1. The Bertz CT molecular complexity index is 845. The minimum absolute atomic E-state index is 0.0582. The fourth-order valence-electron chi connectivity index (χ4n) is 2.32. The van der Waals surface area contributed by atoms with E-state index in [9.17, 15) is 4.39 Å². The molecule has 0 aliphatic heterocycles. The lowest BCUT2D eigenvalue weighted by Crippen LogP contribution is -2.13. The van der Waals surface area contributed by atoms with Gasteiger partial charge in [-0.15, -0.1) is 0 Å². The maximum Gasteiger partial charge on any atom is 0.174 e. The van der Waals surface area contributed by atoms with E-state index in [2.05, 4.69) is 25.5 Å². The molecular formula is C16H14Cl2FN5. The van der Waals surface area contributed by atoms with E-state index < -0.39 is 5.82 Å². The third-order valence-electron chi connectivity index (χ3n) is 3.27. The van der Waals surface area contributed by atoms with Crippen LogP contribution in [0.25, 0.3) is 22.6 Å². The van der Waals surface area contributed by atoms with E-state index >= 15 is 0 Å². The first kappa shape index (κ1) is 16.7. The van der Waals surface area contributed by atoms with E-state index in [1.54, 1.807) is 18.2 Å². The highest BCUT2D eigenvalue weighted by Gasteiger charge is 2.21. The van der Waals surface area contributed by atoms with Crippen molar-refractivity contribution < 1.29 is 4.39 Å². The highest BCUT2D eigenvalue weighted by Crippen LogP contribution is 2.41. The first-order chi connectivity index (χ1) is 11.5. The van der Waals surface area contributed by atoms with Gasteiger partial charge in [-0.25, -0.2) is 14.4 Å². The van der Waals surface area contributed by atoms with Crippen LogP contribution in [0.3, 0.4) is 0 Å². The topological polar surface area (TPSA) is 66.5 Å². The van der Waals surface area contributed by atoms with Crippen molar-refractivity contribution in [2.24, 2.45) is 0 Å². The smallest absolute Gasteiger partial charge is 0.174 e. The van der Waals surface area contributed by atoms with Crippen LogP contribution >= 0.6 is 23.2 Å². The number of benzene rings is 1. The van der Waals surface area contributed by atoms with Crippen molar-refractivity contribution in [3.05, 3.63) is 46.5 Å². The molecule has 8 heteroatoms. The van der Waals surface area contributed by atoms with Gasteiger partial charge in [0.15, 0.2) is 5.82 Å². The summed E-state index contributed by atoms with van der Waals surface area (Å²) in [5, 5.41) is 10.3. The van der Waals surface area contributed by atoms with Gasteiger partial charge in [-0.2, -0.15) is 5.10 Å². The molecule has 0 atom stereocenters. The molecule has 124 valence electrons. The number of H-pyrrole nitrogens is 1. The van der Waals surface area contributed by atoms with E-state index in [0.717, 1.165) is 0 Å². The predicted molar refractivity (Wildman–Crippen MR) is 93.8 cm³/mol. The van der Waals surface area contributed by atoms with Crippen molar-refractivity contribution in [3.8, 4) is 22.6 Å². The average Bonchev–Trinajstić information content (AvgIpc) is 3.03. The van der Waals surface area contributed by atoms with Gasteiger partial charge in [0, 0.05) is 17.2 Å². The van der Waals surface area contributed by atoms with Crippen LogP contribution in [0.1, 0.15) is 13.8 Å². The van der Waals surface area contributed by atoms with Gasteiger partial charge >= 0.3 is 0 Å². The Morgan fingerprint density at radius 2 is 1.96 bits per heavy atom. The first-order valence-corrected chi connectivity index (χ1v) is 8.00. The lowest BCUT2D eigenvalue weighted by molar-refractivity contribution is 0.631. The molecule has 0 saturated carbocycles. The predicted octanol–water partition coefficient (Wildman–Crippen LogP) is 4.80. The summed E-state index contributed by atoms with van der Waals surface area (Å²) in [4.78, 5) is 8.59. The summed E-state index contributed by atoms with van der Waals surface area (Å²) in [5.74, 6) is 0.427. The van der Waals surface area contributed by atoms with Crippen LogP contribution in [0.15, 0.2) is 30.6 Å². The second-order valence-electron chi connectivity index (χ2n) is 5.44. The number of hydrogen-bond acceptors (Lipinski definition) is 4. The lowest BCUT2D eigenvalue weighted by Gasteiger charge is -2.17. The SMILES string of the molecule is CC(C)Nc1nc(-c2ncn[nH]2)cc(Cl)c1-c1c(F)cccc1Cl. The van der Waals surface area contributed by atoms with Gasteiger partial charge in [0.1, 0.15) is 23.7 Å². The molecule has 0 fully saturated rings. The van der Waals surface area contributed by atoms with Crippen LogP contribution in [-0.4, -0.2) is 26.2 Å². The third kappa shape index (κ3) is 3.20. The Labute approximate surface area is 148 Å². The zero-order chi connectivity index (χ0) is 17.3. The lowest BCUT2D eigenvalue weighted by atomic mass is 10.0. The Hall–Kier alpha value is -2.18. The Morgan fingerprint density at radius 1 is 1.17 bits per heavy atom. The summed E-state index contributed by atoms with van der Waals surface area (Å²) in [5.41, 5.74) is 1.12. The summed E-state index contributed by atoms with van der Waals surface area (Å²) in [7, 11) is 0. The number of halogens is 3. The minimum Gasteiger partial charge on any atom is -0.367 e. The van der Waals surface area contributed by atoms with Gasteiger partial charge in [-0.3, -0.25) is 5.10 Å². The van der Waals surface area contributed by atoms with E-state index in [1.807, 2.05) is 13.8 Å². The zero-order valence-electron chi connectivity index (χ0n) is 12.9. The highest BCUT2D eigenvalue weighted by molar-refractivity contribution is 6.37. The molecule has 5 nitrogen and oxygen atoms in total. The third-order valence-corrected chi connectivity index (χ3v) is 3.88. The van der Waals surface area contributed by atoms with E-state index in [-0.39, 0.29) is 16.6 Å². The molecule has 1 aromatic carbocycles. The highest BCUT2D eigenvalue weighted by atomic mass is 35.5. The Balaban J connectivity index is 2.25. The van der Waals surface area contributed by atoms with Gasteiger partial charge < -0.3 is 5.32 Å². The fourth-order valence-corrected chi connectivity index (χ4v) is 2.86. The van der Waals surface area contributed by atoms with Crippen molar-refractivity contribution in [2.45, 2.75) is 19.9 Å². The van der Waals surface area contributed by atoms with Crippen molar-refractivity contribution in [3.63, 3.8) is 0 Å². The Morgan fingerprint density at radius 3 is 2.58 bits per heavy atom. The summed E-state index contributed by atoms with van der Waals surface area (Å²) in [6.07, 6.45) is 1.38. The number of aromatic nitrogens is 4. The van der Waals surface area contributed by atoms with Crippen molar-refractivity contribution >= 4 is 29.0 Å². The van der Waals surface area contributed by atoms with Gasteiger partial charge in [0.05, 0.1) is 10.0 Å². The van der Waals surface area contributed by atoms with Crippen LogP contribution in [0.4, 0.5) is 10.2 Å². The van der Waals surface area contributed by atoms with Gasteiger partial charge in [0.2, 0.25) is 0 Å². The molecule has 0 amide bonds. The molecular weight excluding hydrogens is 352 g/mol. The average molecular weight is 366 g/mol. The molecule has 3 rings (SSSR count). The maximum absolute atomic E-state index is 14.4. The van der Waals surface area contributed by atoms with Crippen LogP contribution in [0.2, 0.25) is 10.0 Å². The summed E-state index contributed by atoms with van der Waals surface area (Å²) in [6, 6.07) is 6.15. The molecule has 0 spiro atoms. The zero-order valence-corrected chi connectivity index (χ0v) is 14.5. The first-order valence-electron chi connectivity index (χ1n) is 7.24. The number of hydrogen-bond donors (Lipinski definition) is 2. The quantitative estimate of drug-likeness (QED) is 0.696. The van der Waals surface area contributed by atoms with E-state index in [0.29, 0.717) is 27.9 Å². The molecule has 0 aliphatic carbocycles. The number of nitrogens with one attached hydrogen (secondary N) is 2. The summed E-state index contributed by atoms with van der Waals surface area (Å²) >= 11 is 12.6. The molecule has 0 saturated heterocycles. The number of nitrogens with zero attached hydrogens (tertiary/aromatic N) is 3. The van der Waals surface area contributed by atoms with Crippen LogP contribution < -0.4 is 5.32 Å². The molecule has 2 aromatic heterocycles. The van der Waals surface area contributed by atoms with Crippen LogP contribution in [0.5, 0.6) is 0 Å². The summed E-state index contributed by atoms with van der Waals surface area (Å²) < 4.78 is 14.4. The van der Waals surface area contributed by atoms with E-state index in [1.165, 1.54) is 12.4 Å².